The summed E-state index contributed by atoms with van der Waals surface area (Å²) >= 11 is 0. The fourth-order valence-electron chi connectivity index (χ4n) is 4.72. The summed E-state index contributed by atoms with van der Waals surface area (Å²) < 4.78 is 2.05. The van der Waals surface area contributed by atoms with Gasteiger partial charge in [-0.25, -0.2) is 0 Å². The van der Waals surface area contributed by atoms with Crippen molar-refractivity contribution in [2.75, 3.05) is 6.54 Å². The van der Waals surface area contributed by atoms with E-state index in [0.717, 1.165) is 56.6 Å². The number of hydrogen-bond acceptors (Lipinski definition) is 3. The van der Waals surface area contributed by atoms with Gasteiger partial charge in [-0.15, -0.1) is 10.2 Å². The van der Waals surface area contributed by atoms with Gasteiger partial charge >= 0.3 is 0 Å². The Morgan fingerprint density at radius 3 is 2.48 bits per heavy atom. The summed E-state index contributed by atoms with van der Waals surface area (Å²) in [6.45, 7) is 0.878. The molecule has 0 bridgehead atoms. The number of para-hydroxylation sites is 1. The van der Waals surface area contributed by atoms with E-state index >= 15 is 0 Å². The molecule has 0 spiro atoms. The van der Waals surface area contributed by atoms with Gasteiger partial charge in [0.25, 0.3) is 0 Å². The van der Waals surface area contributed by atoms with Gasteiger partial charge in [-0.3, -0.25) is 9.36 Å². The Labute approximate surface area is 171 Å². The number of carbonyl (C=O) groups is 1. The second-order valence-corrected chi connectivity index (χ2v) is 8.23. The molecule has 1 aliphatic heterocycles. The second kappa shape index (κ2) is 7.47. The molecule has 1 aromatic heterocycles. The Balaban J connectivity index is 1.29. The highest BCUT2D eigenvalue weighted by molar-refractivity contribution is 5.91. The van der Waals surface area contributed by atoms with Gasteiger partial charge in [-0.05, 0) is 49.8 Å². The number of amides is 1. The van der Waals surface area contributed by atoms with E-state index in [4.69, 9.17) is 0 Å². The first-order valence-corrected chi connectivity index (χ1v) is 10.6. The van der Waals surface area contributed by atoms with Gasteiger partial charge in [0.15, 0.2) is 0 Å². The molecule has 1 saturated heterocycles. The second-order valence-electron chi connectivity index (χ2n) is 8.23. The lowest BCUT2D eigenvalue weighted by atomic mass is 9.93. The maximum atomic E-state index is 13.5. The van der Waals surface area contributed by atoms with Gasteiger partial charge in [0.1, 0.15) is 12.2 Å². The summed E-state index contributed by atoms with van der Waals surface area (Å²) in [7, 11) is 0. The van der Waals surface area contributed by atoms with Crippen molar-refractivity contribution in [2.24, 2.45) is 0 Å². The van der Waals surface area contributed by atoms with Crippen molar-refractivity contribution >= 4 is 5.91 Å². The Kier molecular flexibility index (Phi) is 4.66. The largest absolute Gasteiger partial charge is 0.339 e. The molecule has 2 heterocycles. The van der Waals surface area contributed by atoms with Gasteiger partial charge in [0.2, 0.25) is 5.91 Å². The van der Waals surface area contributed by atoms with E-state index in [1.165, 1.54) is 5.56 Å². The average molecular weight is 386 g/mol. The van der Waals surface area contributed by atoms with Crippen molar-refractivity contribution in [3.8, 4) is 5.69 Å². The Hall–Kier alpha value is -2.95. The van der Waals surface area contributed by atoms with E-state index in [2.05, 4.69) is 39.4 Å². The molecule has 1 saturated carbocycles. The number of aromatic nitrogens is 3. The first-order valence-electron chi connectivity index (χ1n) is 10.6. The van der Waals surface area contributed by atoms with Crippen LogP contribution in [0.1, 0.15) is 43.5 Å². The molecule has 5 heteroatoms. The molecule has 148 valence electrons. The molecule has 1 unspecified atom stereocenters. The monoisotopic (exact) mass is 386 g/mol. The molecule has 2 aromatic carbocycles. The molecule has 5 nitrogen and oxygen atoms in total. The van der Waals surface area contributed by atoms with Crippen LogP contribution in [-0.4, -0.2) is 38.2 Å². The molecule has 0 N–H and O–H groups in total. The van der Waals surface area contributed by atoms with Crippen LogP contribution in [0.2, 0.25) is 0 Å². The normalized spacial score (nSPS) is 20.0. The first-order chi connectivity index (χ1) is 14.3. The molecule has 2 fully saturated rings. The highest BCUT2D eigenvalue weighted by Crippen LogP contribution is 2.50. The molecule has 29 heavy (non-hydrogen) atoms. The van der Waals surface area contributed by atoms with Crippen LogP contribution in [0.4, 0.5) is 0 Å². The van der Waals surface area contributed by atoms with E-state index < -0.39 is 0 Å². The zero-order chi connectivity index (χ0) is 19.7. The van der Waals surface area contributed by atoms with Crippen LogP contribution < -0.4 is 0 Å². The molecule has 1 aliphatic carbocycles. The predicted molar refractivity (Wildman–Crippen MR) is 112 cm³/mol. The van der Waals surface area contributed by atoms with Gasteiger partial charge < -0.3 is 4.90 Å². The van der Waals surface area contributed by atoms with E-state index in [1.54, 1.807) is 6.33 Å². The number of benzene rings is 2. The Bertz CT molecular complexity index is 978. The minimum absolute atomic E-state index is 0.270. The molecular weight excluding hydrogens is 360 g/mol. The zero-order valence-corrected chi connectivity index (χ0v) is 16.6. The summed E-state index contributed by atoms with van der Waals surface area (Å²) in [4.78, 5) is 15.6. The van der Waals surface area contributed by atoms with Crippen LogP contribution in [-0.2, 0) is 16.6 Å². The summed E-state index contributed by atoms with van der Waals surface area (Å²) in [5.74, 6) is 1.29. The minimum Gasteiger partial charge on any atom is -0.339 e. The molecule has 1 amide bonds. The van der Waals surface area contributed by atoms with Crippen molar-refractivity contribution in [1.82, 2.24) is 19.7 Å². The first kappa shape index (κ1) is 18.1. The lowest BCUT2D eigenvalue weighted by molar-refractivity contribution is -0.134. The lowest BCUT2D eigenvalue weighted by Crippen LogP contribution is -2.42. The molecule has 0 radical (unpaired) electrons. The van der Waals surface area contributed by atoms with Crippen molar-refractivity contribution < 1.29 is 4.79 Å². The number of aryl methyl sites for hydroxylation is 1. The maximum absolute atomic E-state index is 13.5. The number of carbonyl (C=O) groups excluding carboxylic acids is 1. The fraction of sp³-hybridized carbons (Fsp3) is 0.375. The maximum Gasteiger partial charge on any atom is 0.233 e. The average Bonchev–Trinajstić information content (AvgIpc) is 3.22. The summed E-state index contributed by atoms with van der Waals surface area (Å²) in [6.07, 6.45) is 7.65. The topological polar surface area (TPSA) is 51.0 Å². The number of nitrogens with zero attached hydrogens (tertiary/aromatic N) is 4. The summed E-state index contributed by atoms with van der Waals surface area (Å²) in [5.41, 5.74) is 1.99. The molecular formula is C24H26N4O. The van der Waals surface area contributed by atoms with Gasteiger partial charge in [0, 0.05) is 24.7 Å². The summed E-state index contributed by atoms with van der Waals surface area (Å²) in [6, 6.07) is 20.8. The fourth-order valence-corrected chi connectivity index (χ4v) is 4.72. The van der Waals surface area contributed by atoms with Crippen LogP contribution in [0, 0.1) is 0 Å². The third kappa shape index (κ3) is 3.35. The standard InChI is InChI=1S/C24H26N4O/c29-23(24(15-16-24)19-8-3-1-4-9-19)27-17-7-12-21(27)13-14-22-26-25-18-28(22)20-10-5-2-6-11-20/h1-6,8-11,18,21H,7,12-17H2. The molecule has 2 aliphatic rings. The van der Waals surface area contributed by atoms with Gasteiger partial charge in [-0.1, -0.05) is 48.5 Å². The smallest absolute Gasteiger partial charge is 0.233 e. The summed E-state index contributed by atoms with van der Waals surface area (Å²) in [5, 5.41) is 8.46. The minimum atomic E-state index is -0.270. The van der Waals surface area contributed by atoms with Crippen molar-refractivity contribution in [1.29, 1.82) is 0 Å². The van der Waals surface area contributed by atoms with Crippen LogP contribution in [0.25, 0.3) is 5.69 Å². The zero-order valence-electron chi connectivity index (χ0n) is 16.6. The number of rotatable bonds is 6. The highest BCUT2D eigenvalue weighted by Gasteiger charge is 2.54. The molecule has 5 rings (SSSR count). The molecule has 3 aromatic rings. The SMILES string of the molecule is O=C(N1CCCC1CCc1nncn1-c1ccccc1)C1(c2ccccc2)CC1. The number of likely N-dealkylation sites (tertiary alicyclic amines) is 1. The predicted octanol–water partition coefficient (Wildman–Crippen LogP) is 3.92. The highest BCUT2D eigenvalue weighted by atomic mass is 16.2. The molecule has 1 atom stereocenters. The van der Waals surface area contributed by atoms with Gasteiger partial charge in [-0.2, -0.15) is 0 Å². The van der Waals surface area contributed by atoms with Crippen molar-refractivity contribution in [3.63, 3.8) is 0 Å². The number of hydrogen-bond donors (Lipinski definition) is 0. The van der Waals surface area contributed by atoms with E-state index in [1.807, 2.05) is 41.0 Å². The van der Waals surface area contributed by atoms with Gasteiger partial charge in [0.05, 0.1) is 5.41 Å². The Morgan fingerprint density at radius 1 is 1.03 bits per heavy atom. The van der Waals surface area contributed by atoms with E-state index in [9.17, 15) is 4.79 Å². The van der Waals surface area contributed by atoms with Crippen LogP contribution in [0.15, 0.2) is 67.0 Å². The van der Waals surface area contributed by atoms with Crippen molar-refractivity contribution in [2.45, 2.75) is 50.0 Å². The van der Waals surface area contributed by atoms with E-state index in [-0.39, 0.29) is 5.41 Å². The van der Waals surface area contributed by atoms with Crippen LogP contribution >= 0.6 is 0 Å². The third-order valence-electron chi connectivity index (χ3n) is 6.48. The van der Waals surface area contributed by atoms with E-state index in [0.29, 0.717) is 11.9 Å². The Morgan fingerprint density at radius 2 is 1.76 bits per heavy atom. The third-order valence-corrected chi connectivity index (χ3v) is 6.48. The lowest BCUT2D eigenvalue weighted by Gasteiger charge is -2.29. The van der Waals surface area contributed by atoms with Crippen LogP contribution in [0.3, 0.4) is 0 Å². The quantitative estimate of drug-likeness (QED) is 0.645. The van der Waals surface area contributed by atoms with Crippen molar-refractivity contribution in [3.05, 3.63) is 78.4 Å². The van der Waals surface area contributed by atoms with Crippen LogP contribution in [0.5, 0.6) is 0 Å².